The van der Waals surface area contributed by atoms with E-state index in [1.807, 2.05) is 0 Å². The number of hydrogen-bond acceptors (Lipinski definition) is 8. The Bertz CT molecular complexity index is 1330. The van der Waals surface area contributed by atoms with Crippen LogP contribution in [-0.2, 0) is 20.2 Å². The fourth-order valence-electron chi connectivity index (χ4n) is 2.55. The van der Waals surface area contributed by atoms with Gasteiger partial charge in [-0.15, -0.1) is 10.2 Å². The van der Waals surface area contributed by atoms with Crippen LogP contribution in [0.5, 0.6) is 5.75 Å². The summed E-state index contributed by atoms with van der Waals surface area (Å²) in [5, 5.41) is 17.9. The first kappa shape index (κ1) is 19.7. The number of aromatic hydroxyl groups is 1. The second-order valence-electron chi connectivity index (χ2n) is 5.66. The Morgan fingerprint density at radius 2 is 1.46 bits per heavy atom. The molecular weight excluding hydrogens is 410 g/mol. The van der Waals surface area contributed by atoms with Crippen LogP contribution in [0, 0.1) is 0 Å². The van der Waals surface area contributed by atoms with E-state index in [4.69, 9.17) is 5.73 Å². The number of rotatable bonds is 4. The number of nitrogen functional groups attached to an aromatic ring is 1. The van der Waals surface area contributed by atoms with Crippen LogP contribution in [0.2, 0.25) is 0 Å². The molecule has 0 saturated carbocycles. The lowest BCUT2D eigenvalue weighted by atomic mass is 10.1. The molecule has 0 spiro atoms. The topological polar surface area (TPSA) is 180 Å². The summed E-state index contributed by atoms with van der Waals surface area (Å²) in [4.78, 5) is -1.06. The number of azo groups is 1. The molecule has 0 unspecified atom stereocenters. The van der Waals surface area contributed by atoms with Crippen molar-refractivity contribution >= 4 is 48.1 Å². The van der Waals surface area contributed by atoms with Crippen LogP contribution < -0.4 is 5.73 Å². The van der Waals surface area contributed by atoms with Crippen molar-refractivity contribution in [1.29, 1.82) is 0 Å². The first-order valence-corrected chi connectivity index (χ1v) is 10.4. The summed E-state index contributed by atoms with van der Waals surface area (Å²) in [7, 11) is -9.17. The molecule has 3 rings (SSSR count). The van der Waals surface area contributed by atoms with Crippen LogP contribution >= 0.6 is 0 Å². The molecule has 0 aromatic heterocycles. The van der Waals surface area contributed by atoms with E-state index in [1.165, 1.54) is 30.3 Å². The first-order chi connectivity index (χ1) is 13.0. The molecule has 0 fully saturated rings. The van der Waals surface area contributed by atoms with E-state index in [1.54, 1.807) is 0 Å². The molecule has 10 nitrogen and oxygen atoms in total. The molecular formula is C16H13N3O7S2. The van der Waals surface area contributed by atoms with Crippen molar-refractivity contribution in [3.8, 4) is 5.75 Å². The quantitative estimate of drug-likeness (QED) is 0.281. The van der Waals surface area contributed by atoms with Crippen molar-refractivity contribution < 1.29 is 31.0 Å². The lowest BCUT2D eigenvalue weighted by molar-refractivity contribution is 0.471. The predicted molar refractivity (Wildman–Crippen MR) is 100 cm³/mol. The van der Waals surface area contributed by atoms with Crippen LogP contribution in [0.1, 0.15) is 0 Å². The van der Waals surface area contributed by atoms with Gasteiger partial charge in [0.25, 0.3) is 20.2 Å². The summed E-state index contributed by atoms with van der Waals surface area (Å²) >= 11 is 0. The van der Waals surface area contributed by atoms with Gasteiger partial charge < -0.3 is 10.8 Å². The summed E-state index contributed by atoms with van der Waals surface area (Å²) in [6.45, 7) is 0. The molecule has 0 aliphatic rings. The molecule has 3 aromatic carbocycles. The molecule has 0 heterocycles. The number of benzene rings is 3. The summed E-state index contributed by atoms with van der Waals surface area (Å²) in [6.07, 6.45) is 0. The van der Waals surface area contributed by atoms with E-state index >= 15 is 0 Å². The van der Waals surface area contributed by atoms with Gasteiger partial charge in [0.15, 0.2) is 0 Å². The highest BCUT2D eigenvalue weighted by Gasteiger charge is 2.18. The van der Waals surface area contributed by atoms with Crippen LogP contribution in [0.4, 0.5) is 17.1 Å². The van der Waals surface area contributed by atoms with E-state index in [2.05, 4.69) is 10.2 Å². The summed E-state index contributed by atoms with van der Waals surface area (Å²) in [5.74, 6) is -0.502. The van der Waals surface area contributed by atoms with Gasteiger partial charge in [0.2, 0.25) is 0 Å². The Morgan fingerprint density at radius 3 is 2.11 bits per heavy atom. The summed E-state index contributed by atoms with van der Waals surface area (Å²) in [6, 6.07) is 9.93. The Kier molecular flexibility index (Phi) is 4.81. The highest BCUT2D eigenvalue weighted by molar-refractivity contribution is 7.86. The van der Waals surface area contributed by atoms with Gasteiger partial charge in [-0.25, -0.2) is 0 Å². The number of nitrogens with two attached hydrogens (primary N) is 1. The maximum Gasteiger partial charge on any atom is 0.296 e. The van der Waals surface area contributed by atoms with Gasteiger partial charge in [0.05, 0.1) is 10.6 Å². The molecule has 5 N–H and O–H groups in total. The fourth-order valence-corrected chi connectivity index (χ4v) is 3.70. The van der Waals surface area contributed by atoms with E-state index in [0.717, 1.165) is 18.2 Å². The van der Waals surface area contributed by atoms with Gasteiger partial charge in [-0.3, -0.25) is 9.11 Å². The molecule has 28 heavy (non-hydrogen) atoms. The molecule has 0 amide bonds. The molecule has 0 radical (unpaired) electrons. The van der Waals surface area contributed by atoms with Crippen molar-refractivity contribution in [2.45, 2.75) is 9.79 Å². The van der Waals surface area contributed by atoms with Crippen LogP contribution in [0.25, 0.3) is 10.8 Å². The van der Waals surface area contributed by atoms with E-state index in [9.17, 15) is 31.0 Å². The number of hydrogen-bond donors (Lipinski definition) is 4. The number of phenols is 1. The van der Waals surface area contributed by atoms with Crippen LogP contribution in [0.3, 0.4) is 0 Å². The maximum atomic E-state index is 11.4. The average Bonchev–Trinajstić information content (AvgIpc) is 2.59. The lowest BCUT2D eigenvalue weighted by Gasteiger charge is -2.09. The third-order valence-corrected chi connectivity index (χ3v) is 5.52. The third-order valence-electron chi connectivity index (χ3n) is 3.78. The second-order valence-corrected chi connectivity index (χ2v) is 8.47. The van der Waals surface area contributed by atoms with E-state index in [-0.39, 0.29) is 27.8 Å². The zero-order chi connectivity index (χ0) is 20.7. The lowest BCUT2D eigenvalue weighted by Crippen LogP contribution is -1.98. The standard InChI is InChI=1S/C16H13N3O7S2/c17-11-5-6-12(10-7-9(27(21,22)23)8-14(20)16(10)11)18-19-13-3-1-2-4-15(13)28(24,25)26/h1-8,20H,17H2,(H,21,22,23)(H,24,25,26). The molecule has 0 atom stereocenters. The van der Waals surface area contributed by atoms with Crippen LogP contribution in [0.15, 0.2) is 68.6 Å². The van der Waals surface area contributed by atoms with Gasteiger partial charge in [-0.1, -0.05) is 12.1 Å². The van der Waals surface area contributed by atoms with Crippen LogP contribution in [-0.4, -0.2) is 31.0 Å². The summed E-state index contributed by atoms with van der Waals surface area (Å²) in [5.41, 5.74) is 5.81. The molecule has 3 aromatic rings. The third kappa shape index (κ3) is 3.80. The molecule has 0 bridgehead atoms. The smallest absolute Gasteiger partial charge is 0.296 e. The first-order valence-electron chi connectivity index (χ1n) is 7.49. The van der Waals surface area contributed by atoms with Crippen molar-refractivity contribution in [2.24, 2.45) is 10.2 Å². The molecule has 0 aliphatic heterocycles. The maximum absolute atomic E-state index is 11.4. The highest BCUT2D eigenvalue weighted by Crippen LogP contribution is 2.39. The van der Waals surface area contributed by atoms with Crippen molar-refractivity contribution in [1.82, 2.24) is 0 Å². The van der Waals surface area contributed by atoms with Gasteiger partial charge in [0, 0.05) is 22.5 Å². The van der Waals surface area contributed by atoms with Crippen molar-refractivity contribution in [3.05, 3.63) is 48.5 Å². The second kappa shape index (κ2) is 6.83. The van der Waals surface area contributed by atoms with Gasteiger partial charge in [-0.2, -0.15) is 16.8 Å². The monoisotopic (exact) mass is 423 g/mol. The Balaban J connectivity index is 2.24. The Hall–Kier alpha value is -3.06. The molecule has 0 aliphatic carbocycles. The van der Waals surface area contributed by atoms with Crippen molar-refractivity contribution in [3.63, 3.8) is 0 Å². The van der Waals surface area contributed by atoms with Gasteiger partial charge in [0.1, 0.15) is 16.3 Å². The molecule has 12 heteroatoms. The molecule has 146 valence electrons. The SMILES string of the molecule is Nc1ccc(N=Nc2ccccc2S(=O)(=O)O)c2cc(S(=O)(=O)O)cc(O)c12. The Labute approximate surface area is 159 Å². The fraction of sp³-hybridized carbons (Fsp3) is 0. The minimum atomic E-state index is -4.63. The molecule has 0 saturated heterocycles. The largest absolute Gasteiger partial charge is 0.507 e. The zero-order valence-corrected chi connectivity index (χ0v) is 15.5. The predicted octanol–water partition coefficient (Wildman–Crippen LogP) is 3.04. The normalized spacial score (nSPS) is 12.6. The minimum absolute atomic E-state index is 0.0372. The number of nitrogens with zero attached hydrogens (tertiary/aromatic N) is 2. The number of fused-ring (bicyclic) bond motifs is 1. The van der Waals surface area contributed by atoms with Gasteiger partial charge >= 0.3 is 0 Å². The highest BCUT2D eigenvalue weighted by atomic mass is 32.2. The number of phenolic OH excluding ortho intramolecular Hbond substituents is 1. The van der Waals surface area contributed by atoms with Crippen molar-refractivity contribution in [2.75, 3.05) is 5.73 Å². The van der Waals surface area contributed by atoms with Gasteiger partial charge in [-0.05, 0) is 30.3 Å². The zero-order valence-electron chi connectivity index (χ0n) is 13.9. The number of anilines is 1. The van der Waals surface area contributed by atoms with E-state index < -0.39 is 35.8 Å². The average molecular weight is 423 g/mol. The Morgan fingerprint density at radius 1 is 0.821 bits per heavy atom. The van der Waals surface area contributed by atoms with E-state index in [0.29, 0.717) is 0 Å². The summed E-state index contributed by atoms with van der Waals surface area (Å²) < 4.78 is 64.2. The minimum Gasteiger partial charge on any atom is -0.507 e.